The predicted octanol–water partition coefficient (Wildman–Crippen LogP) is 1.96. The molecule has 1 N–H and O–H groups in total. The molecule has 0 radical (unpaired) electrons. The number of amides is 1. The van der Waals surface area contributed by atoms with Crippen LogP contribution in [0.4, 0.5) is 0 Å². The zero-order valence-corrected chi connectivity index (χ0v) is 13.7. The van der Waals surface area contributed by atoms with E-state index in [-0.39, 0.29) is 11.8 Å². The highest BCUT2D eigenvalue weighted by Crippen LogP contribution is 2.29. The number of ether oxygens (including phenoxy) is 1. The molecule has 0 fully saturated rings. The second-order valence-corrected chi connectivity index (χ2v) is 6.40. The van der Waals surface area contributed by atoms with Gasteiger partial charge in [0.05, 0.1) is 6.61 Å². The van der Waals surface area contributed by atoms with Gasteiger partial charge in [-0.1, -0.05) is 44.2 Å². The fourth-order valence-electron chi connectivity index (χ4n) is 2.88. The van der Waals surface area contributed by atoms with Crippen LogP contribution in [-0.4, -0.2) is 27.3 Å². The van der Waals surface area contributed by atoms with E-state index in [0.29, 0.717) is 25.6 Å². The lowest BCUT2D eigenvalue weighted by molar-refractivity contribution is -0.135. The molecule has 0 aliphatic carbocycles. The number of nitrogens with zero attached hydrogens (tertiary/aromatic N) is 3. The first-order valence-electron chi connectivity index (χ1n) is 7.87. The molecular weight excluding hydrogens is 292 g/mol. The third-order valence-corrected chi connectivity index (χ3v) is 4.16. The Morgan fingerprint density at radius 1 is 1.35 bits per heavy atom. The van der Waals surface area contributed by atoms with Gasteiger partial charge in [0, 0.05) is 12.5 Å². The van der Waals surface area contributed by atoms with Crippen molar-refractivity contribution in [2.24, 2.45) is 0 Å². The van der Waals surface area contributed by atoms with Crippen molar-refractivity contribution in [3.05, 3.63) is 47.5 Å². The molecule has 1 amide bonds. The fourth-order valence-corrected chi connectivity index (χ4v) is 2.88. The third kappa shape index (κ3) is 2.86. The lowest BCUT2D eigenvalue weighted by atomic mass is 9.98. The van der Waals surface area contributed by atoms with Crippen molar-refractivity contribution in [2.45, 2.75) is 45.4 Å². The van der Waals surface area contributed by atoms with Crippen LogP contribution in [0.5, 0.6) is 0 Å². The van der Waals surface area contributed by atoms with Crippen LogP contribution in [0, 0.1) is 0 Å². The summed E-state index contributed by atoms with van der Waals surface area (Å²) in [5, 5.41) is 11.4. The Bertz CT molecular complexity index is 696. The summed E-state index contributed by atoms with van der Waals surface area (Å²) in [4.78, 5) is 12.9. The highest BCUT2D eigenvalue weighted by atomic mass is 16.5. The number of carbonyl (C=O) groups is 1. The van der Waals surface area contributed by atoms with Crippen LogP contribution in [0.15, 0.2) is 30.3 Å². The molecule has 1 atom stereocenters. The van der Waals surface area contributed by atoms with Crippen molar-refractivity contribution >= 4 is 5.91 Å². The first-order valence-corrected chi connectivity index (χ1v) is 7.87. The van der Waals surface area contributed by atoms with E-state index >= 15 is 0 Å². The number of fused-ring (bicyclic) bond motifs is 1. The van der Waals surface area contributed by atoms with E-state index in [1.807, 2.05) is 41.8 Å². The Hall–Kier alpha value is -2.21. The molecule has 2 heterocycles. The van der Waals surface area contributed by atoms with E-state index in [1.165, 1.54) is 0 Å². The minimum absolute atomic E-state index is 0.0796. The van der Waals surface area contributed by atoms with Gasteiger partial charge in [0.15, 0.2) is 5.82 Å². The molecule has 1 aliphatic rings. The number of nitrogens with one attached hydrogen (secondary N) is 1. The van der Waals surface area contributed by atoms with E-state index in [1.54, 1.807) is 0 Å². The van der Waals surface area contributed by atoms with E-state index in [2.05, 4.69) is 29.4 Å². The van der Waals surface area contributed by atoms with Gasteiger partial charge in [-0.05, 0) is 12.5 Å². The monoisotopic (exact) mass is 314 g/mol. The van der Waals surface area contributed by atoms with Crippen LogP contribution in [0.1, 0.15) is 43.9 Å². The first kappa shape index (κ1) is 15.7. The Balaban J connectivity index is 1.85. The third-order valence-electron chi connectivity index (χ3n) is 4.16. The van der Waals surface area contributed by atoms with Crippen LogP contribution in [0.3, 0.4) is 0 Å². The molecule has 2 aromatic rings. The van der Waals surface area contributed by atoms with Gasteiger partial charge >= 0.3 is 0 Å². The van der Waals surface area contributed by atoms with Gasteiger partial charge < -0.3 is 10.1 Å². The molecule has 6 nitrogen and oxygen atoms in total. The summed E-state index contributed by atoms with van der Waals surface area (Å²) in [6.45, 7) is 7.18. The number of aromatic nitrogens is 3. The van der Waals surface area contributed by atoms with Gasteiger partial charge in [0.1, 0.15) is 18.0 Å². The average molecular weight is 314 g/mol. The number of rotatable bonds is 4. The van der Waals surface area contributed by atoms with Crippen LogP contribution >= 0.6 is 0 Å². The quantitative estimate of drug-likeness (QED) is 0.936. The smallest absolute Gasteiger partial charge is 0.248 e. The molecule has 0 saturated carbocycles. The average Bonchev–Trinajstić information content (AvgIpc) is 2.99. The Morgan fingerprint density at radius 2 is 2.09 bits per heavy atom. The van der Waals surface area contributed by atoms with Crippen molar-refractivity contribution < 1.29 is 9.53 Å². The number of carbonyl (C=O) groups excluding carboxylic acids is 1. The molecule has 0 spiro atoms. The topological polar surface area (TPSA) is 69.0 Å². The Labute approximate surface area is 135 Å². The fraction of sp³-hybridized carbons (Fsp3) is 0.471. The van der Waals surface area contributed by atoms with Gasteiger partial charge in [-0.25, -0.2) is 0 Å². The van der Waals surface area contributed by atoms with Crippen molar-refractivity contribution in [1.29, 1.82) is 0 Å². The number of hydrogen-bond donors (Lipinski definition) is 1. The van der Waals surface area contributed by atoms with Crippen LogP contribution in [-0.2, 0) is 28.2 Å². The van der Waals surface area contributed by atoms with E-state index in [4.69, 9.17) is 4.74 Å². The van der Waals surface area contributed by atoms with Gasteiger partial charge in [-0.2, -0.15) is 0 Å². The summed E-state index contributed by atoms with van der Waals surface area (Å²) in [5.41, 5.74) is 0.236. The normalized spacial score (nSPS) is 20.3. The van der Waals surface area contributed by atoms with E-state index in [9.17, 15) is 4.79 Å². The molecular formula is C17H22N4O2. The molecule has 1 aliphatic heterocycles. The molecule has 1 aromatic heterocycles. The second-order valence-electron chi connectivity index (χ2n) is 6.40. The van der Waals surface area contributed by atoms with E-state index in [0.717, 1.165) is 11.4 Å². The molecule has 122 valence electrons. The van der Waals surface area contributed by atoms with Crippen LogP contribution in [0.2, 0.25) is 0 Å². The lowest BCUT2D eigenvalue weighted by Gasteiger charge is -2.35. The molecule has 3 rings (SSSR count). The minimum atomic E-state index is -0.828. The highest BCUT2D eigenvalue weighted by molar-refractivity contribution is 5.84. The van der Waals surface area contributed by atoms with Crippen molar-refractivity contribution in [3.8, 4) is 0 Å². The first-order chi connectivity index (χ1) is 11.0. The summed E-state index contributed by atoms with van der Waals surface area (Å²) >= 11 is 0. The lowest BCUT2D eigenvalue weighted by Crippen LogP contribution is -2.53. The second kappa shape index (κ2) is 6.12. The zero-order chi connectivity index (χ0) is 16.4. The van der Waals surface area contributed by atoms with Gasteiger partial charge in [-0.15, -0.1) is 10.2 Å². The maximum absolute atomic E-state index is 12.9. The van der Waals surface area contributed by atoms with Gasteiger partial charge in [0.25, 0.3) is 0 Å². The summed E-state index contributed by atoms with van der Waals surface area (Å²) < 4.78 is 7.54. The summed E-state index contributed by atoms with van der Waals surface area (Å²) in [6.07, 6.45) is 0. The summed E-state index contributed by atoms with van der Waals surface area (Å²) in [6, 6.07) is 9.86. The molecule has 23 heavy (non-hydrogen) atoms. The van der Waals surface area contributed by atoms with Crippen LogP contribution in [0.25, 0.3) is 0 Å². The predicted molar refractivity (Wildman–Crippen MR) is 85.7 cm³/mol. The maximum Gasteiger partial charge on any atom is 0.248 e. The highest BCUT2D eigenvalue weighted by Gasteiger charge is 2.42. The largest absolute Gasteiger partial charge is 0.370 e. The van der Waals surface area contributed by atoms with Crippen LogP contribution < -0.4 is 5.32 Å². The SMILES string of the molecule is CC(C)c1nnc2n1C(C)(C(=O)NCc1ccccc1)COC2. The van der Waals surface area contributed by atoms with Gasteiger partial charge in [-0.3, -0.25) is 9.36 Å². The molecule has 6 heteroatoms. The summed E-state index contributed by atoms with van der Waals surface area (Å²) in [5.74, 6) is 1.64. The minimum Gasteiger partial charge on any atom is -0.370 e. The Kier molecular flexibility index (Phi) is 4.17. The molecule has 0 bridgehead atoms. The van der Waals surface area contributed by atoms with Crippen molar-refractivity contribution in [1.82, 2.24) is 20.1 Å². The molecule has 1 unspecified atom stereocenters. The standard InChI is InChI=1S/C17H22N4O2/c1-12(2)15-20-19-14-10-23-11-17(3,21(14)15)16(22)18-9-13-7-5-4-6-8-13/h4-8,12H,9-11H2,1-3H3,(H,18,22). The number of hydrogen-bond acceptors (Lipinski definition) is 4. The molecule has 0 saturated heterocycles. The van der Waals surface area contributed by atoms with E-state index < -0.39 is 5.54 Å². The maximum atomic E-state index is 12.9. The Morgan fingerprint density at radius 3 is 2.78 bits per heavy atom. The molecule has 1 aromatic carbocycles. The van der Waals surface area contributed by atoms with Crippen molar-refractivity contribution in [2.75, 3.05) is 6.61 Å². The summed E-state index contributed by atoms with van der Waals surface area (Å²) in [7, 11) is 0. The zero-order valence-electron chi connectivity index (χ0n) is 13.7. The number of benzene rings is 1. The van der Waals surface area contributed by atoms with Crippen molar-refractivity contribution in [3.63, 3.8) is 0 Å². The van der Waals surface area contributed by atoms with Gasteiger partial charge in [0.2, 0.25) is 5.91 Å².